The largest absolute Gasteiger partial charge is 0.435 e. The third-order valence-corrected chi connectivity index (χ3v) is 10.1. The summed E-state index contributed by atoms with van der Waals surface area (Å²) in [6.07, 6.45) is 0. The average molecular weight is 665 g/mol. The molecule has 0 amide bonds. The van der Waals surface area contributed by atoms with E-state index in [0.717, 1.165) is 50.6 Å². The van der Waals surface area contributed by atoms with Gasteiger partial charge in [-0.1, -0.05) is 146 Å². The Labute approximate surface area is 302 Å². The Kier molecular flexibility index (Phi) is 7.14. The molecule has 3 nitrogen and oxygen atoms in total. The lowest BCUT2D eigenvalue weighted by atomic mass is 9.99. The van der Waals surface area contributed by atoms with Gasteiger partial charge in [0.25, 0.3) is 0 Å². The summed E-state index contributed by atoms with van der Waals surface area (Å²) in [5.41, 5.74) is 14.5. The van der Waals surface area contributed by atoms with Gasteiger partial charge in [0.05, 0.1) is 5.69 Å². The van der Waals surface area contributed by atoms with E-state index in [1.165, 1.54) is 38.8 Å². The Morgan fingerprint density at radius 2 is 0.827 bits per heavy atom. The van der Waals surface area contributed by atoms with Gasteiger partial charge in [0, 0.05) is 38.8 Å². The van der Waals surface area contributed by atoms with Crippen molar-refractivity contribution in [2.75, 3.05) is 4.90 Å². The van der Waals surface area contributed by atoms with Crippen molar-refractivity contribution in [1.82, 2.24) is 4.98 Å². The molecule has 3 heteroatoms. The number of benzene rings is 8. The Morgan fingerprint density at radius 3 is 1.35 bits per heavy atom. The Bertz CT molecular complexity index is 2650. The summed E-state index contributed by atoms with van der Waals surface area (Å²) in [4.78, 5) is 7.37. The lowest BCUT2D eigenvalue weighted by Gasteiger charge is -2.27. The Balaban J connectivity index is 1.07. The monoisotopic (exact) mass is 664 g/mol. The van der Waals surface area contributed by atoms with Crippen LogP contribution in [0.3, 0.4) is 0 Å². The van der Waals surface area contributed by atoms with Gasteiger partial charge in [0.2, 0.25) is 5.89 Å². The van der Waals surface area contributed by atoms with E-state index in [4.69, 9.17) is 9.40 Å². The molecule has 0 aliphatic heterocycles. The number of rotatable bonds is 7. The highest BCUT2D eigenvalue weighted by Gasteiger charge is 2.30. The van der Waals surface area contributed by atoms with E-state index in [1.54, 1.807) is 0 Å². The molecule has 1 aromatic heterocycles. The molecule has 52 heavy (non-hydrogen) atoms. The van der Waals surface area contributed by atoms with Gasteiger partial charge in [-0.05, 0) is 81.9 Å². The number of hydrogen-bond donors (Lipinski definition) is 0. The van der Waals surface area contributed by atoms with Crippen LogP contribution >= 0.6 is 0 Å². The second-order valence-electron chi connectivity index (χ2n) is 13.2. The second-order valence-corrected chi connectivity index (χ2v) is 13.2. The van der Waals surface area contributed by atoms with Crippen LogP contribution in [0.25, 0.3) is 78.2 Å². The summed E-state index contributed by atoms with van der Waals surface area (Å²) in [7, 11) is 0. The van der Waals surface area contributed by atoms with Crippen LogP contribution in [0.15, 0.2) is 199 Å². The van der Waals surface area contributed by atoms with E-state index < -0.39 is 0 Å². The van der Waals surface area contributed by atoms with Gasteiger partial charge in [-0.15, -0.1) is 0 Å². The van der Waals surface area contributed by atoms with E-state index in [9.17, 15) is 0 Å². The summed E-state index contributed by atoms with van der Waals surface area (Å²) in [5.74, 6) is 1.48. The van der Waals surface area contributed by atoms with E-state index in [1.807, 2.05) is 30.3 Å². The highest BCUT2D eigenvalue weighted by molar-refractivity contribution is 6.17. The van der Waals surface area contributed by atoms with Gasteiger partial charge in [0.15, 0.2) is 5.76 Å². The summed E-state index contributed by atoms with van der Waals surface area (Å²) in [6.45, 7) is 0. The fraction of sp³-hybridized carbons (Fsp3) is 0. The van der Waals surface area contributed by atoms with Gasteiger partial charge in [-0.25, -0.2) is 4.98 Å². The zero-order valence-electron chi connectivity index (χ0n) is 28.3. The van der Waals surface area contributed by atoms with Crippen LogP contribution in [0.5, 0.6) is 0 Å². The summed E-state index contributed by atoms with van der Waals surface area (Å²) >= 11 is 0. The molecule has 1 aliphatic rings. The van der Waals surface area contributed by atoms with Crippen LogP contribution in [0.4, 0.5) is 17.1 Å². The number of fused-ring (bicyclic) bond motifs is 3. The van der Waals surface area contributed by atoms with Crippen LogP contribution in [-0.4, -0.2) is 4.98 Å². The molecule has 0 radical (unpaired) electrons. The number of oxazole rings is 1. The van der Waals surface area contributed by atoms with Crippen molar-refractivity contribution in [3.63, 3.8) is 0 Å². The third kappa shape index (κ3) is 5.10. The lowest BCUT2D eigenvalue weighted by Crippen LogP contribution is -2.10. The quantitative estimate of drug-likeness (QED) is 0.170. The molecule has 0 unspecified atom stereocenters. The molecule has 8 aromatic carbocycles. The van der Waals surface area contributed by atoms with E-state index in [0.29, 0.717) is 5.89 Å². The molecule has 0 fully saturated rings. The van der Waals surface area contributed by atoms with Crippen molar-refractivity contribution in [2.24, 2.45) is 0 Å². The predicted octanol–water partition coefficient (Wildman–Crippen LogP) is 13.6. The molecule has 9 aromatic rings. The minimum absolute atomic E-state index is 0.646. The van der Waals surface area contributed by atoms with Crippen molar-refractivity contribution >= 4 is 27.8 Å². The van der Waals surface area contributed by atoms with Gasteiger partial charge in [-0.2, -0.15) is 0 Å². The first kappa shape index (κ1) is 29.9. The standard InChI is InChI=1S/C49H32N2O/c1-4-11-33(12-5-1)35-19-21-36(22-20-35)38-25-29-41(30-26-38)51(40-27-23-37(24-28-40)34-13-6-2-7-14-34)45-32-31-43-46-42(45)17-10-18-44(46)48-47(43)50-49(52-48)39-15-8-3-9-16-39/h1-32H. The fourth-order valence-electron chi connectivity index (χ4n) is 7.51. The molecule has 0 saturated carbocycles. The first-order valence-electron chi connectivity index (χ1n) is 17.6. The van der Waals surface area contributed by atoms with Crippen LogP contribution in [0.1, 0.15) is 0 Å². The summed E-state index contributed by atoms with van der Waals surface area (Å²) < 4.78 is 6.47. The third-order valence-electron chi connectivity index (χ3n) is 10.1. The minimum atomic E-state index is 0.646. The topological polar surface area (TPSA) is 29.3 Å². The molecular formula is C49H32N2O. The normalized spacial score (nSPS) is 11.5. The smallest absolute Gasteiger partial charge is 0.227 e. The average Bonchev–Trinajstić information content (AvgIpc) is 3.80. The maximum atomic E-state index is 6.47. The lowest BCUT2D eigenvalue weighted by molar-refractivity contribution is 0.590. The van der Waals surface area contributed by atoms with Crippen LogP contribution in [0, 0.1) is 0 Å². The minimum Gasteiger partial charge on any atom is -0.435 e. The maximum Gasteiger partial charge on any atom is 0.227 e. The number of nitrogens with zero attached hydrogens (tertiary/aromatic N) is 2. The molecule has 1 heterocycles. The van der Waals surface area contributed by atoms with Crippen molar-refractivity contribution in [3.05, 3.63) is 194 Å². The molecule has 0 N–H and O–H groups in total. The molecule has 1 aliphatic carbocycles. The molecule has 0 saturated heterocycles. The summed E-state index contributed by atoms with van der Waals surface area (Å²) in [6, 6.07) is 68.7. The highest BCUT2D eigenvalue weighted by atomic mass is 16.4. The van der Waals surface area contributed by atoms with Gasteiger partial charge >= 0.3 is 0 Å². The molecule has 0 spiro atoms. The second kappa shape index (κ2) is 12.4. The molecule has 0 bridgehead atoms. The van der Waals surface area contributed by atoms with Gasteiger partial charge < -0.3 is 9.32 Å². The Hall–Kier alpha value is -6.97. The number of hydrogen-bond acceptors (Lipinski definition) is 3. The molecule has 10 rings (SSSR count). The van der Waals surface area contributed by atoms with E-state index in [2.05, 4.69) is 169 Å². The zero-order chi connectivity index (χ0) is 34.4. The molecule has 244 valence electrons. The number of anilines is 3. The highest BCUT2D eigenvalue weighted by Crippen LogP contribution is 2.52. The zero-order valence-corrected chi connectivity index (χ0v) is 28.3. The van der Waals surface area contributed by atoms with E-state index >= 15 is 0 Å². The van der Waals surface area contributed by atoms with Crippen molar-refractivity contribution in [2.45, 2.75) is 0 Å². The van der Waals surface area contributed by atoms with Crippen LogP contribution < -0.4 is 4.90 Å². The van der Waals surface area contributed by atoms with Gasteiger partial charge in [0.1, 0.15) is 5.69 Å². The van der Waals surface area contributed by atoms with Crippen molar-refractivity contribution in [3.8, 4) is 67.4 Å². The molecule has 0 atom stereocenters. The first-order chi connectivity index (χ1) is 25.8. The van der Waals surface area contributed by atoms with Gasteiger partial charge in [-0.3, -0.25) is 0 Å². The predicted molar refractivity (Wildman–Crippen MR) is 215 cm³/mol. The fourth-order valence-corrected chi connectivity index (χ4v) is 7.51. The maximum absolute atomic E-state index is 6.47. The van der Waals surface area contributed by atoms with Crippen LogP contribution in [-0.2, 0) is 0 Å². The Morgan fingerprint density at radius 1 is 0.365 bits per heavy atom. The first-order valence-corrected chi connectivity index (χ1v) is 17.6. The van der Waals surface area contributed by atoms with Crippen molar-refractivity contribution in [1.29, 1.82) is 0 Å². The van der Waals surface area contributed by atoms with E-state index in [-0.39, 0.29) is 0 Å². The summed E-state index contributed by atoms with van der Waals surface area (Å²) in [5, 5.41) is 2.32. The molecular weight excluding hydrogens is 633 g/mol. The van der Waals surface area contributed by atoms with Crippen LogP contribution in [0.2, 0.25) is 0 Å². The van der Waals surface area contributed by atoms with Crippen molar-refractivity contribution < 1.29 is 4.42 Å². The number of aromatic nitrogens is 1. The SMILES string of the molecule is c1ccc(-c2ccc(-c3ccc(N(c4ccc(-c5ccccc5)cc4)c4ccc5c6c(cccc46)-c4oc(-c6ccccc6)nc4-5)cc3)cc2)cc1.